The van der Waals surface area contributed by atoms with Crippen LogP contribution in [0.15, 0.2) is 24.3 Å². The molecule has 0 saturated heterocycles. The van der Waals surface area contributed by atoms with E-state index in [2.05, 4.69) is 39.1 Å². The van der Waals surface area contributed by atoms with E-state index in [0.29, 0.717) is 5.82 Å². The first-order chi connectivity index (χ1) is 8.25. The number of fused-ring (bicyclic) bond motifs is 1. The number of nitrogens with two attached hydrogens (primary N) is 1. The van der Waals surface area contributed by atoms with Gasteiger partial charge in [0.2, 0.25) is 0 Å². The Morgan fingerprint density at radius 3 is 2.94 bits per heavy atom. The standard InChI is InChI=1S/C13H16N4/c1-9-15-12(14)13(16-9)17-8-4-6-10-5-2-3-7-11(10)17/h2-3,5,7H,4,6,8,14H2,1H3,(H,15,16). The van der Waals surface area contributed by atoms with E-state index in [1.165, 1.54) is 11.3 Å². The van der Waals surface area contributed by atoms with Crippen LogP contribution < -0.4 is 10.6 Å². The van der Waals surface area contributed by atoms with Gasteiger partial charge < -0.3 is 15.6 Å². The van der Waals surface area contributed by atoms with Gasteiger partial charge in [0.05, 0.1) is 0 Å². The summed E-state index contributed by atoms with van der Waals surface area (Å²) in [6, 6.07) is 8.46. The second kappa shape index (κ2) is 3.80. The number of H-pyrrole nitrogens is 1. The maximum absolute atomic E-state index is 5.97. The second-order valence-electron chi connectivity index (χ2n) is 4.44. The van der Waals surface area contributed by atoms with Crippen LogP contribution in [0.2, 0.25) is 0 Å². The van der Waals surface area contributed by atoms with Gasteiger partial charge in [-0.15, -0.1) is 0 Å². The fourth-order valence-electron chi connectivity index (χ4n) is 2.46. The third kappa shape index (κ3) is 1.65. The lowest BCUT2D eigenvalue weighted by molar-refractivity contribution is 0.761. The minimum Gasteiger partial charge on any atom is -0.382 e. The maximum Gasteiger partial charge on any atom is 0.175 e. The first-order valence-corrected chi connectivity index (χ1v) is 5.93. The Morgan fingerprint density at radius 1 is 1.35 bits per heavy atom. The first-order valence-electron chi connectivity index (χ1n) is 5.93. The molecule has 0 bridgehead atoms. The molecule has 2 heterocycles. The highest BCUT2D eigenvalue weighted by Crippen LogP contribution is 2.34. The molecule has 0 aliphatic carbocycles. The summed E-state index contributed by atoms with van der Waals surface area (Å²) in [6.45, 7) is 2.90. The van der Waals surface area contributed by atoms with Crippen molar-refractivity contribution in [1.29, 1.82) is 0 Å². The van der Waals surface area contributed by atoms with Crippen molar-refractivity contribution in [2.24, 2.45) is 0 Å². The molecule has 2 aromatic rings. The van der Waals surface area contributed by atoms with E-state index in [-0.39, 0.29) is 0 Å². The van der Waals surface area contributed by atoms with E-state index in [4.69, 9.17) is 5.73 Å². The van der Waals surface area contributed by atoms with Crippen LogP contribution in [0.5, 0.6) is 0 Å². The highest BCUT2D eigenvalue weighted by molar-refractivity contribution is 5.72. The van der Waals surface area contributed by atoms with Crippen molar-refractivity contribution in [3.05, 3.63) is 35.7 Å². The highest BCUT2D eigenvalue weighted by Gasteiger charge is 2.21. The lowest BCUT2D eigenvalue weighted by Gasteiger charge is -2.29. The van der Waals surface area contributed by atoms with Gasteiger partial charge in [-0.25, -0.2) is 4.98 Å². The Labute approximate surface area is 100 Å². The van der Waals surface area contributed by atoms with Crippen molar-refractivity contribution in [2.45, 2.75) is 19.8 Å². The smallest absolute Gasteiger partial charge is 0.175 e. The quantitative estimate of drug-likeness (QED) is 0.788. The van der Waals surface area contributed by atoms with Gasteiger partial charge >= 0.3 is 0 Å². The van der Waals surface area contributed by atoms with E-state index in [1.54, 1.807) is 0 Å². The Hall–Kier alpha value is -1.97. The fourth-order valence-corrected chi connectivity index (χ4v) is 2.46. The molecule has 0 radical (unpaired) electrons. The normalized spacial score (nSPS) is 14.8. The molecular formula is C13H16N4. The van der Waals surface area contributed by atoms with Crippen LogP contribution in [0.1, 0.15) is 17.8 Å². The zero-order valence-corrected chi connectivity index (χ0v) is 9.90. The van der Waals surface area contributed by atoms with Crippen molar-refractivity contribution in [1.82, 2.24) is 9.97 Å². The number of hydrogen-bond donors (Lipinski definition) is 2. The number of rotatable bonds is 1. The molecule has 0 atom stereocenters. The van der Waals surface area contributed by atoms with Gasteiger partial charge in [-0.3, -0.25) is 0 Å². The van der Waals surface area contributed by atoms with Gasteiger partial charge in [0.25, 0.3) is 0 Å². The molecule has 17 heavy (non-hydrogen) atoms. The van der Waals surface area contributed by atoms with Gasteiger partial charge in [0.15, 0.2) is 5.82 Å². The molecule has 4 nitrogen and oxygen atoms in total. The average Bonchev–Trinajstić information content (AvgIpc) is 2.68. The topological polar surface area (TPSA) is 57.9 Å². The van der Waals surface area contributed by atoms with Gasteiger partial charge in [0.1, 0.15) is 11.6 Å². The lowest BCUT2D eigenvalue weighted by atomic mass is 10.0. The molecule has 0 fully saturated rings. The Balaban J connectivity index is 2.09. The van der Waals surface area contributed by atoms with Crippen molar-refractivity contribution in [3.63, 3.8) is 0 Å². The summed E-state index contributed by atoms with van der Waals surface area (Å²) in [5.41, 5.74) is 8.58. The third-order valence-electron chi connectivity index (χ3n) is 3.20. The molecule has 0 unspecified atom stereocenters. The van der Waals surface area contributed by atoms with Gasteiger partial charge in [-0.1, -0.05) is 18.2 Å². The molecule has 3 N–H and O–H groups in total. The van der Waals surface area contributed by atoms with Gasteiger partial charge in [0, 0.05) is 12.2 Å². The monoisotopic (exact) mass is 228 g/mol. The van der Waals surface area contributed by atoms with Crippen molar-refractivity contribution < 1.29 is 0 Å². The summed E-state index contributed by atoms with van der Waals surface area (Å²) >= 11 is 0. The fraction of sp³-hybridized carbons (Fsp3) is 0.308. The van der Waals surface area contributed by atoms with E-state index >= 15 is 0 Å². The Bertz CT molecular complexity index is 544. The Morgan fingerprint density at radius 2 is 2.18 bits per heavy atom. The molecule has 88 valence electrons. The second-order valence-corrected chi connectivity index (χ2v) is 4.44. The minimum absolute atomic E-state index is 0.652. The number of benzene rings is 1. The predicted octanol–water partition coefficient (Wildman–Crippen LogP) is 2.38. The van der Waals surface area contributed by atoms with Crippen LogP contribution in [-0.2, 0) is 6.42 Å². The maximum atomic E-state index is 5.97. The molecule has 1 aliphatic heterocycles. The zero-order chi connectivity index (χ0) is 11.8. The van der Waals surface area contributed by atoms with Crippen LogP contribution in [0.3, 0.4) is 0 Å². The molecular weight excluding hydrogens is 212 g/mol. The summed E-state index contributed by atoms with van der Waals surface area (Å²) in [5, 5.41) is 0. The average molecular weight is 228 g/mol. The molecule has 1 aromatic carbocycles. The van der Waals surface area contributed by atoms with E-state index < -0.39 is 0 Å². The van der Waals surface area contributed by atoms with Gasteiger partial charge in [-0.2, -0.15) is 0 Å². The van der Waals surface area contributed by atoms with E-state index in [9.17, 15) is 0 Å². The lowest BCUT2D eigenvalue weighted by Crippen LogP contribution is -2.25. The summed E-state index contributed by atoms with van der Waals surface area (Å²) in [6.07, 6.45) is 2.28. The molecule has 3 rings (SSSR count). The molecule has 0 saturated carbocycles. The zero-order valence-electron chi connectivity index (χ0n) is 9.90. The third-order valence-corrected chi connectivity index (χ3v) is 3.20. The summed E-state index contributed by atoms with van der Waals surface area (Å²) < 4.78 is 0. The highest BCUT2D eigenvalue weighted by atomic mass is 15.2. The van der Waals surface area contributed by atoms with E-state index in [0.717, 1.165) is 31.0 Å². The first kappa shape index (κ1) is 10.2. The molecule has 1 aromatic heterocycles. The molecule has 0 spiro atoms. The molecule has 4 heteroatoms. The van der Waals surface area contributed by atoms with Crippen LogP contribution >= 0.6 is 0 Å². The van der Waals surface area contributed by atoms with E-state index in [1.807, 2.05) is 6.92 Å². The van der Waals surface area contributed by atoms with Gasteiger partial charge in [-0.05, 0) is 31.4 Å². The number of aryl methyl sites for hydroxylation is 2. The predicted molar refractivity (Wildman–Crippen MR) is 69.5 cm³/mol. The molecule has 1 aliphatic rings. The number of hydrogen-bond acceptors (Lipinski definition) is 3. The number of aromatic nitrogens is 2. The summed E-state index contributed by atoms with van der Waals surface area (Å²) in [4.78, 5) is 9.74. The van der Waals surface area contributed by atoms with Crippen molar-refractivity contribution >= 4 is 17.3 Å². The number of imidazole rings is 1. The van der Waals surface area contributed by atoms with Crippen molar-refractivity contribution in [3.8, 4) is 0 Å². The van der Waals surface area contributed by atoms with Crippen molar-refractivity contribution in [2.75, 3.05) is 17.2 Å². The largest absolute Gasteiger partial charge is 0.382 e. The van der Waals surface area contributed by atoms with Crippen LogP contribution in [0.4, 0.5) is 17.3 Å². The number of aromatic amines is 1. The number of nitrogens with zero attached hydrogens (tertiary/aromatic N) is 2. The number of nitrogens with one attached hydrogen (secondary N) is 1. The van der Waals surface area contributed by atoms with Crippen LogP contribution in [0, 0.1) is 6.92 Å². The summed E-state index contributed by atoms with van der Waals surface area (Å²) in [5.74, 6) is 2.37. The van der Waals surface area contributed by atoms with Crippen LogP contribution in [0.25, 0.3) is 0 Å². The number of para-hydroxylation sites is 1. The number of anilines is 3. The number of nitrogen functional groups attached to an aromatic ring is 1. The SMILES string of the molecule is Cc1nc(N2CCCc3ccccc32)c(N)[nH]1. The summed E-state index contributed by atoms with van der Waals surface area (Å²) in [7, 11) is 0. The Kier molecular flexibility index (Phi) is 2.28. The van der Waals surface area contributed by atoms with Crippen LogP contribution in [-0.4, -0.2) is 16.5 Å². The minimum atomic E-state index is 0.652. The molecule has 0 amide bonds.